The van der Waals surface area contributed by atoms with E-state index in [4.69, 9.17) is 4.74 Å². The van der Waals surface area contributed by atoms with Crippen molar-refractivity contribution in [2.45, 2.75) is 44.7 Å². The highest BCUT2D eigenvalue weighted by Gasteiger charge is 2.35. The second-order valence-electron chi connectivity index (χ2n) is 7.90. The Bertz CT molecular complexity index is 1130. The molecule has 1 atom stereocenters. The largest absolute Gasteiger partial charge is 0.446 e. The van der Waals surface area contributed by atoms with Crippen LogP contribution >= 0.6 is 15.9 Å². The van der Waals surface area contributed by atoms with Crippen LogP contribution in [0.4, 0.5) is 16.2 Å². The summed E-state index contributed by atoms with van der Waals surface area (Å²) in [6, 6.07) is 9.93. The number of anilines is 2. The van der Waals surface area contributed by atoms with Crippen molar-refractivity contribution in [3.05, 3.63) is 40.9 Å². The lowest BCUT2D eigenvalue weighted by Crippen LogP contribution is -2.51. The maximum atomic E-state index is 12.8. The SMILES string of the molecule is CC(=O)N1c2cc(Br)c(-c3ccc(S(C)(=O)=O)cc3)cc2N(C(=O)OC(C)C)C[C@@H]1C. The van der Waals surface area contributed by atoms with E-state index >= 15 is 0 Å². The van der Waals surface area contributed by atoms with Crippen LogP contribution in [0.3, 0.4) is 0 Å². The number of carbonyl (C=O) groups is 2. The average Bonchev–Trinajstić information content (AvgIpc) is 2.65. The predicted octanol–water partition coefficient (Wildman–Crippen LogP) is 4.63. The summed E-state index contributed by atoms with van der Waals surface area (Å²) in [6.45, 7) is 7.24. The van der Waals surface area contributed by atoms with Crippen LogP contribution < -0.4 is 9.80 Å². The van der Waals surface area contributed by atoms with E-state index in [0.717, 1.165) is 21.9 Å². The van der Waals surface area contributed by atoms with E-state index in [1.54, 1.807) is 47.9 Å². The Kier molecular flexibility index (Phi) is 6.48. The second-order valence-corrected chi connectivity index (χ2v) is 10.8. The average molecular weight is 509 g/mol. The van der Waals surface area contributed by atoms with Gasteiger partial charge in [-0.1, -0.05) is 28.1 Å². The molecule has 0 saturated carbocycles. The first-order valence-corrected chi connectivity index (χ1v) is 12.5. The van der Waals surface area contributed by atoms with Gasteiger partial charge in [0, 0.05) is 24.2 Å². The molecule has 2 aromatic rings. The van der Waals surface area contributed by atoms with Gasteiger partial charge in [0.1, 0.15) is 0 Å². The summed E-state index contributed by atoms with van der Waals surface area (Å²) in [5.41, 5.74) is 2.70. The minimum absolute atomic E-state index is 0.122. The van der Waals surface area contributed by atoms with Gasteiger partial charge in [-0.05, 0) is 56.2 Å². The van der Waals surface area contributed by atoms with Crippen LogP contribution in [-0.2, 0) is 19.4 Å². The van der Waals surface area contributed by atoms with E-state index in [2.05, 4.69) is 15.9 Å². The zero-order valence-electron chi connectivity index (χ0n) is 18.0. The van der Waals surface area contributed by atoms with Crippen molar-refractivity contribution in [1.29, 1.82) is 0 Å². The smallest absolute Gasteiger partial charge is 0.414 e. The van der Waals surface area contributed by atoms with Gasteiger partial charge in [-0.3, -0.25) is 9.69 Å². The fraction of sp³-hybridized carbons (Fsp3) is 0.364. The highest BCUT2D eigenvalue weighted by atomic mass is 79.9. The number of carbonyl (C=O) groups excluding carboxylic acids is 2. The number of fused-ring (bicyclic) bond motifs is 1. The number of hydrogen-bond acceptors (Lipinski definition) is 5. The van der Waals surface area contributed by atoms with Crippen LogP contribution in [0.15, 0.2) is 45.8 Å². The Labute approximate surface area is 191 Å². The van der Waals surface area contributed by atoms with Gasteiger partial charge >= 0.3 is 6.09 Å². The number of amides is 2. The molecule has 3 rings (SSSR count). The van der Waals surface area contributed by atoms with Crippen LogP contribution in [0.5, 0.6) is 0 Å². The highest BCUT2D eigenvalue weighted by molar-refractivity contribution is 9.10. The summed E-state index contributed by atoms with van der Waals surface area (Å²) < 4.78 is 29.7. The molecular weight excluding hydrogens is 484 g/mol. The van der Waals surface area contributed by atoms with Crippen molar-refractivity contribution < 1.29 is 22.7 Å². The maximum absolute atomic E-state index is 12.8. The maximum Gasteiger partial charge on any atom is 0.414 e. The molecular formula is C22H25BrN2O5S. The first kappa shape index (κ1) is 23.3. The predicted molar refractivity (Wildman–Crippen MR) is 124 cm³/mol. The lowest BCUT2D eigenvalue weighted by atomic mass is 10.0. The van der Waals surface area contributed by atoms with Crippen molar-refractivity contribution in [3.8, 4) is 11.1 Å². The Morgan fingerprint density at radius 1 is 1.13 bits per heavy atom. The standard InChI is InChI=1S/C22H25BrN2O5S/c1-13(2)30-22(27)24-12-14(3)25(15(4)26)21-11-19(23)18(10-20(21)24)16-6-8-17(9-7-16)31(5,28)29/h6-11,13-14H,12H2,1-5H3/t14-/m0/s1. The number of nitrogens with zero attached hydrogens (tertiary/aromatic N) is 2. The Morgan fingerprint density at radius 2 is 1.74 bits per heavy atom. The summed E-state index contributed by atoms with van der Waals surface area (Å²) in [7, 11) is -3.31. The fourth-order valence-corrected chi connectivity index (χ4v) is 4.85. The molecule has 166 valence electrons. The number of ether oxygens (including phenoxy) is 1. The van der Waals surface area contributed by atoms with Crippen molar-refractivity contribution >= 4 is 49.1 Å². The monoisotopic (exact) mass is 508 g/mol. The number of hydrogen-bond donors (Lipinski definition) is 0. The molecule has 2 aromatic carbocycles. The first-order valence-electron chi connectivity index (χ1n) is 9.82. The van der Waals surface area contributed by atoms with Crippen molar-refractivity contribution in [1.82, 2.24) is 0 Å². The second kappa shape index (κ2) is 8.63. The van der Waals surface area contributed by atoms with Crippen LogP contribution in [0.2, 0.25) is 0 Å². The molecule has 0 unspecified atom stereocenters. The number of rotatable bonds is 3. The van der Waals surface area contributed by atoms with Crippen molar-refractivity contribution in [2.75, 3.05) is 22.6 Å². The van der Waals surface area contributed by atoms with Gasteiger partial charge in [0.05, 0.1) is 28.4 Å². The first-order chi connectivity index (χ1) is 14.4. The van der Waals surface area contributed by atoms with E-state index in [0.29, 0.717) is 17.9 Å². The van der Waals surface area contributed by atoms with E-state index < -0.39 is 15.9 Å². The summed E-state index contributed by atoms with van der Waals surface area (Å²) >= 11 is 3.57. The Morgan fingerprint density at radius 3 is 2.26 bits per heavy atom. The van der Waals surface area contributed by atoms with Gasteiger partial charge in [-0.25, -0.2) is 13.2 Å². The molecule has 31 heavy (non-hydrogen) atoms. The van der Waals surface area contributed by atoms with Gasteiger partial charge < -0.3 is 9.64 Å². The summed E-state index contributed by atoms with van der Waals surface area (Å²) in [5, 5.41) is 0. The van der Waals surface area contributed by atoms with E-state index in [1.165, 1.54) is 6.92 Å². The third-order valence-electron chi connectivity index (χ3n) is 4.99. The zero-order valence-corrected chi connectivity index (χ0v) is 20.5. The van der Waals surface area contributed by atoms with Gasteiger partial charge in [0.25, 0.3) is 0 Å². The number of sulfone groups is 1. The van der Waals surface area contributed by atoms with Gasteiger partial charge in [-0.15, -0.1) is 0 Å². The summed E-state index contributed by atoms with van der Waals surface area (Å²) in [6.07, 6.45) is 0.398. The molecule has 0 N–H and O–H groups in total. The molecule has 0 aromatic heterocycles. The molecule has 0 bridgehead atoms. The van der Waals surface area contributed by atoms with Crippen molar-refractivity contribution in [2.24, 2.45) is 0 Å². The van der Waals surface area contributed by atoms with Gasteiger partial charge in [0.2, 0.25) is 5.91 Å². The molecule has 0 aliphatic carbocycles. The normalized spacial score (nSPS) is 16.3. The Balaban J connectivity index is 2.15. The quantitative estimate of drug-likeness (QED) is 0.603. The molecule has 0 saturated heterocycles. The van der Waals surface area contributed by atoms with Gasteiger partial charge in [-0.2, -0.15) is 0 Å². The minimum Gasteiger partial charge on any atom is -0.446 e. The highest BCUT2D eigenvalue weighted by Crippen LogP contribution is 2.43. The molecule has 1 aliphatic heterocycles. The van der Waals surface area contributed by atoms with Crippen LogP contribution in [-0.4, -0.2) is 45.4 Å². The molecule has 1 heterocycles. The third-order valence-corrected chi connectivity index (χ3v) is 6.78. The van der Waals surface area contributed by atoms with Crippen LogP contribution in [0, 0.1) is 0 Å². The zero-order chi connectivity index (χ0) is 23.1. The fourth-order valence-electron chi connectivity index (χ4n) is 3.66. The van der Waals surface area contributed by atoms with Crippen LogP contribution in [0.1, 0.15) is 27.7 Å². The topological polar surface area (TPSA) is 84.0 Å². The van der Waals surface area contributed by atoms with E-state index in [-0.39, 0.29) is 22.9 Å². The summed E-state index contributed by atoms with van der Waals surface area (Å²) in [4.78, 5) is 28.6. The number of benzene rings is 2. The van der Waals surface area contributed by atoms with E-state index in [9.17, 15) is 18.0 Å². The molecule has 0 radical (unpaired) electrons. The lowest BCUT2D eigenvalue weighted by molar-refractivity contribution is -0.117. The van der Waals surface area contributed by atoms with Gasteiger partial charge in [0.15, 0.2) is 9.84 Å². The summed E-state index contributed by atoms with van der Waals surface area (Å²) in [5.74, 6) is -0.122. The third kappa shape index (κ3) is 4.77. The lowest BCUT2D eigenvalue weighted by Gasteiger charge is -2.40. The number of halogens is 1. The minimum atomic E-state index is -3.31. The van der Waals surface area contributed by atoms with E-state index in [1.807, 2.05) is 19.1 Å². The van der Waals surface area contributed by atoms with Crippen LogP contribution in [0.25, 0.3) is 11.1 Å². The Hall–Kier alpha value is -2.39. The molecule has 2 amide bonds. The molecule has 1 aliphatic rings. The molecule has 0 fully saturated rings. The molecule has 7 nitrogen and oxygen atoms in total. The molecule has 0 spiro atoms. The molecule has 9 heteroatoms. The van der Waals surface area contributed by atoms with Crippen molar-refractivity contribution in [3.63, 3.8) is 0 Å².